The van der Waals surface area contributed by atoms with Gasteiger partial charge >= 0.3 is 0 Å². The van der Waals surface area contributed by atoms with Crippen LogP contribution in [-0.2, 0) is 6.54 Å². The molecule has 0 aliphatic carbocycles. The van der Waals surface area contributed by atoms with E-state index in [0.717, 1.165) is 0 Å². The van der Waals surface area contributed by atoms with Crippen molar-refractivity contribution in [1.82, 2.24) is 25.0 Å². The lowest BCUT2D eigenvalue weighted by atomic mass is 10.3. The van der Waals surface area contributed by atoms with Crippen LogP contribution in [-0.4, -0.2) is 25.0 Å². The van der Waals surface area contributed by atoms with Crippen LogP contribution in [0.2, 0.25) is 0 Å². The molecule has 0 atom stereocenters. The number of nitrogens with one attached hydrogen (secondary N) is 1. The molecule has 3 heterocycles. The van der Waals surface area contributed by atoms with Gasteiger partial charge in [0, 0.05) is 6.20 Å². The molecular weight excluding hydrogens is 268 g/mol. The van der Waals surface area contributed by atoms with E-state index in [1.54, 1.807) is 17.0 Å². The van der Waals surface area contributed by atoms with E-state index in [2.05, 4.69) is 26.4 Å². The van der Waals surface area contributed by atoms with Crippen molar-refractivity contribution in [2.45, 2.75) is 20.4 Å². The molecule has 0 aromatic carbocycles. The van der Waals surface area contributed by atoms with Gasteiger partial charge in [-0.15, -0.1) is 0 Å². The van der Waals surface area contributed by atoms with Gasteiger partial charge in [-0.2, -0.15) is 10.2 Å². The third kappa shape index (κ3) is 2.71. The monoisotopic (exact) mass is 284 g/mol. The van der Waals surface area contributed by atoms with Crippen LogP contribution in [0.3, 0.4) is 0 Å². The van der Waals surface area contributed by atoms with Crippen LogP contribution in [0.5, 0.6) is 0 Å². The van der Waals surface area contributed by atoms with Crippen molar-refractivity contribution in [3.63, 3.8) is 0 Å². The molecule has 0 radical (unpaired) electrons. The summed E-state index contributed by atoms with van der Waals surface area (Å²) in [6.45, 7) is 4.75. The van der Waals surface area contributed by atoms with E-state index in [1.807, 2.05) is 26.1 Å². The Morgan fingerprint density at radius 2 is 2.33 bits per heavy atom. The summed E-state index contributed by atoms with van der Waals surface area (Å²) in [5.41, 5.74) is 7.86. The Kier molecular flexibility index (Phi) is 3.31. The second-order valence-electron chi connectivity index (χ2n) is 4.92. The van der Waals surface area contributed by atoms with Crippen molar-refractivity contribution < 1.29 is 4.42 Å². The Hall–Kier alpha value is -2.83. The fraction of sp³-hybridized carbons (Fsp3) is 0.214. The molecule has 7 nitrogen and oxygen atoms in total. The first-order valence-electron chi connectivity index (χ1n) is 6.56. The minimum Gasteiger partial charge on any atom is -0.461 e. The molecule has 21 heavy (non-hydrogen) atoms. The number of rotatable bonds is 4. The average Bonchev–Trinajstić information content (AvgIpc) is 3.16. The molecule has 3 N–H and O–H groups in total. The predicted octanol–water partition coefficient (Wildman–Crippen LogP) is 2.48. The third-order valence-electron chi connectivity index (χ3n) is 2.96. The smallest absolute Gasteiger partial charge is 0.192 e. The highest BCUT2D eigenvalue weighted by Gasteiger charge is 2.14. The van der Waals surface area contributed by atoms with Crippen LogP contribution in [0.1, 0.15) is 13.8 Å². The standard InChI is InChI=1S/C14H16N6O/c1-9(2)5-6-20-8-10(12(15)19-20)13-16-14(18-17-13)11-4-3-7-21-11/h3-5,7-8H,6H2,1-2H3,(H2,15,19)(H,16,17,18). The Morgan fingerprint density at radius 3 is 3.05 bits per heavy atom. The number of furan rings is 1. The molecule has 3 rings (SSSR count). The van der Waals surface area contributed by atoms with Gasteiger partial charge in [0.1, 0.15) is 0 Å². The normalized spacial score (nSPS) is 10.8. The molecule has 0 aliphatic rings. The maximum absolute atomic E-state index is 5.94. The van der Waals surface area contributed by atoms with E-state index < -0.39 is 0 Å². The fourth-order valence-electron chi connectivity index (χ4n) is 1.88. The Morgan fingerprint density at radius 1 is 1.48 bits per heavy atom. The third-order valence-corrected chi connectivity index (χ3v) is 2.96. The van der Waals surface area contributed by atoms with Gasteiger partial charge in [0.2, 0.25) is 0 Å². The Labute approximate surface area is 121 Å². The molecule has 3 aromatic rings. The van der Waals surface area contributed by atoms with Crippen LogP contribution in [0.4, 0.5) is 5.82 Å². The molecular formula is C14H16N6O. The van der Waals surface area contributed by atoms with E-state index in [4.69, 9.17) is 10.2 Å². The van der Waals surface area contributed by atoms with E-state index in [-0.39, 0.29) is 0 Å². The van der Waals surface area contributed by atoms with E-state index in [0.29, 0.717) is 35.3 Å². The minimum atomic E-state index is 0.405. The number of hydrogen-bond acceptors (Lipinski definition) is 5. The molecule has 0 aliphatic heterocycles. The highest BCUT2D eigenvalue weighted by Crippen LogP contribution is 2.24. The largest absolute Gasteiger partial charge is 0.461 e. The van der Waals surface area contributed by atoms with Crippen molar-refractivity contribution >= 4 is 5.82 Å². The molecule has 0 saturated carbocycles. The van der Waals surface area contributed by atoms with Crippen molar-refractivity contribution in [2.24, 2.45) is 0 Å². The molecule has 108 valence electrons. The molecule has 0 spiro atoms. The molecule has 7 heteroatoms. The summed E-state index contributed by atoms with van der Waals surface area (Å²) >= 11 is 0. The maximum atomic E-state index is 5.94. The number of allylic oxidation sites excluding steroid dienone is 2. The Bertz CT molecular complexity index is 761. The van der Waals surface area contributed by atoms with Gasteiger partial charge in [-0.3, -0.25) is 9.78 Å². The van der Waals surface area contributed by atoms with E-state index in [9.17, 15) is 0 Å². The van der Waals surface area contributed by atoms with Crippen molar-refractivity contribution in [3.05, 3.63) is 36.2 Å². The lowest BCUT2D eigenvalue weighted by Crippen LogP contribution is -1.97. The van der Waals surface area contributed by atoms with Crippen LogP contribution < -0.4 is 5.73 Å². The average molecular weight is 284 g/mol. The molecule has 3 aromatic heterocycles. The number of nitrogens with two attached hydrogens (primary N) is 1. The highest BCUT2D eigenvalue weighted by atomic mass is 16.3. The predicted molar refractivity (Wildman–Crippen MR) is 79.1 cm³/mol. The number of anilines is 1. The number of H-pyrrole nitrogens is 1. The van der Waals surface area contributed by atoms with Gasteiger partial charge in [-0.1, -0.05) is 11.6 Å². The SMILES string of the molecule is CC(C)=CCn1cc(-c2n[nH]c(-c3ccco3)n2)c(N)n1. The lowest BCUT2D eigenvalue weighted by molar-refractivity contribution is 0.577. The van der Waals surface area contributed by atoms with Gasteiger partial charge in [0.15, 0.2) is 23.2 Å². The maximum Gasteiger partial charge on any atom is 0.192 e. The number of nitrogen functional groups attached to an aromatic ring is 1. The van der Waals surface area contributed by atoms with E-state index >= 15 is 0 Å². The summed E-state index contributed by atoms with van der Waals surface area (Å²) in [5, 5.41) is 11.3. The molecule has 0 saturated heterocycles. The first-order valence-corrected chi connectivity index (χ1v) is 6.56. The summed E-state index contributed by atoms with van der Waals surface area (Å²) in [4.78, 5) is 4.38. The zero-order chi connectivity index (χ0) is 14.8. The number of aromatic amines is 1. The van der Waals surface area contributed by atoms with Crippen molar-refractivity contribution in [1.29, 1.82) is 0 Å². The van der Waals surface area contributed by atoms with Gasteiger partial charge in [0.25, 0.3) is 0 Å². The van der Waals surface area contributed by atoms with Crippen LogP contribution in [0.25, 0.3) is 23.0 Å². The molecule has 0 fully saturated rings. The lowest BCUT2D eigenvalue weighted by Gasteiger charge is -1.94. The summed E-state index contributed by atoms with van der Waals surface area (Å²) in [5.74, 6) is 2.10. The number of nitrogens with zero attached hydrogens (tertiary/aromatic N) is 4. The topological polar surface area (TPSA) is 98.5 Å². The summed E-state index contributed by atoms with van der Waals surface area (Å²) < 4.78 is 7.04. The summed E-state index contributed by atoms with van der Waals surface area (Å²) in [7, 11) is 0. The summed E-state index contributed by atoms with van der Waals surface area (Å²) in [6.07, 6.45) is 5.50. The van der Waals surface area contributed by atoms with Crippen LogP contribution >= 0.6 is 0 Å². The summed E-state index contributed by atoms with van der Waals surface area (Å²) in [6, 6.07) is 3.61. The second kappa shape index (κ2) is 5.28. The van der Waals surface area contributed by atoms with Crippen molar-refractivity contribution in [2.75, 3.05) is 5.73 Å². The fourth-order valence-corrected chi connectivity index (χ4v) is 1.88. The second-order valence-corrected chi connectivity index (χ2v) is 4.92. The van der Waals surface area contributed by atoms with Crippen LogP contribution in [0, 0.1) is 0 Å². The minimum absolute atomic E-state index is 0.405. The highest BCUT2D eigenvalue weighted by molar-refractivity contribution is 5.68. The van der Waals surface area contributed by atoms with Gasteiger partial charge < -0.3 is 10.2 Å². The number of hydrogen-bond donors (Lipinski definition) is 2. The van der Waals surface area contributed by atoms with Crippen LogP contribution in [0.15, 0.2) is 40.7 Å². The molecule has 0 bridgehead atoms. The van der Waals surface area contributed by atoms with Gasteiger partial charge in [0.05, 0.1) is 18.4 Å². The first-order chi connectivity index (χ1) is 10.1. The van der Waals surface area contributed by atoms with Gasteiger partial charge in [-0.05, 0) is 26.0 Å². The van der Waals surface area contributed by atoms with Crippen molar-refractivity contribution in [3.8, 4) is 23.0 Å². The quantitative estimate of drug-likeness (QED) is 0.717. The van der Waals surface area contributed by atoms with Gasteiger partial charge in [-0.25, -0.2) is 4.98 Å². The first kappa shape index (κ1) is 13.2. The number of aromatic nitrogens is 5. The van der Waals surface area contributed by atoms with E-state index in [1.165, 1.54) is 5.57 Å². The molecule has 0 amide bonds. The molecule has 0 unspecified atom stereocenters. The zero-order valence-corrected chi connectivity index (χ0v) is 11.9. The zero-order valence-electron chi connectivity index (χ0n) is 11.9. The Balaban J connectivity index is 1.89.